The molecule has 1 aliphatic rings. The molecule has 1 aromatic rings. The summed E-state index contributed by atoms with van der Waals surface area (Å²) < 4.78 is 11.6. The Hall–Kier alpha value is -1.45. The Bertz CT molecular complexity index is 616. The molecule has 1 aromatic carbocycles. The second-order valence-electron chi connectivity index (χ2n) is 5.55. The fourth-order valence-electron chi connectivity index (χ4n) is 2.37. The number of aliphatic carboxylic acids is 1. The molecule has 24 heavy (non-hydrogen) atoms. The molecule has 0 bridgehead atoms. The van der Waals surface area contributed by atoms with Gasteiger partial charge in [-0.15, -0.1) is 0 Å². The highest BCUT2D eigenvalue weighted by atomic mass is 79.9. The van der Waals surface area contributed by atoms with E-state index in [-0.39, 0.29) is 5.76 Å². The Labute approximate surface area is 147 Å². The monoisotopic (exact) mass is 402 g/mol. The van der Waals surface area contributed by atoms with Crippen LogP contribution < -0.4 is 0 Å². The lowest BCUT2D eigenvalue weighted by molar-refractivity contribution is -0.271. The molecule has 1 saturated heterocycles. The molecule has 5 unspecified atom stereocenters. The third kappa shape index (κ3) is 4.34. The van der Waals surface area contributed by atoms with Gasteiger partial charge in [0.2, 0.25) is 12.0 Å². The van der Waals surface area contributed by atoms with Crippen LogP contribution >= 0.6 is 15.9 Å². The molecular weight excluding hydrogens is 384 g/mol. The van der Waals surface area contributed by atoms with E-state index in [9.17, 15) is 25.2 Å². The SMILES string of the molecule is CC1C(OC(=Cc2cccc(Br)c2)C(=O)O)OC(CO)C(O)C1O. The van der Waals surface area contributed by atoms with E-state index >= 15 is 0 Å². The molecule has 8 heteroatoms. The molecule has 132 valence electrons. The number of rotatable bonds is 5. The van der Waals surface area contributed by atoms with Gasteiger partial charge in [0.05, 0.1) is 12.7 Å². The molecule has 0 amide bonds. The van der Waals surface area contributed by atoms with Crippen molar-refractivity contribution in [1.29, 1.82) is 0 Å². The zero-order valence-electron chi connectivity index (χ0n) is 12.9. The van der Waals surface area contributed by atoms with Crippen molar-refractivity contribution in [3.05, 3.63) is 40.1 Å². The number of halogens is 1. The van der Waals surface area contributed by atoms with Crippen LogP contribution in [0.1, 0.15) is 12.5 Å². The molecule has 1 heterocycles. The lowest BCUT2D eigenvalue weighted by Crippen LogP contribution is -2.55. The van der Waals surface area contributed by atoms with Crippen molar-refractivity contribution >= 4 is 28.0 Å². The average molecular weight is 403 g/mol. The standard InChI is InChI=1S/C16H19BrO7/c1-8-13(19)14(20)12(7-18)24-16(8)23-11(15(21)22)6-9-3-2-4-10(17)5-9/h2-6,8,12-14,16,18-20H,7H2,1H3,(H,21,22). The van der Waals surface area contributed by atoms with Crippen molar-refractivity contribution < 1.29 is 34.7 Å². The van der Waals surface area contributed by atoms with E-state index in [0.717, 1.165) is 4.47 Å². The summed E-state index contributed by atoms with van der Waals surface area (Å²) in [6, 6.07) is 6.97. The van der Waals surface area contributed by atoms with Gasteiger partial charge in [-0.1, -0.05) is 35.0 Å². The van der Waals surface area contributed by atoms with Crippen LogP contribution in [0.4, 0.5) is 0 Å². The number of carboxylic acids is 1. The number of aliphatic hydroxyl groups is 3. The van der Waals surface area contributed by atoms with Gasteiger partial charge in [-0.25, -0.2) is 4.79 Å². The highest BCUT2D eigenvalue weighted by Gasteiger charge is 2.43. The molecular formula is C16H19BrO7. The summed E-state index contributed by atoms with van der Waals surface area (Å²) in [5, 5.41) is 38.4. The van der Waals surface area contributed by atoms with Crippen molar-refractivity contribution in [2.24, 2.45) is 5.92 Å². The Balaban J connectivity index is 2.22. The molecule has 1 aliphatic heterocycles. The Morgan fingerprint density at radius 2 is 2.08 bits per heavy atom. The molecule has 1 fully saturated rings. The summed E-state index contributed by atoms with van der Waals surface area (Å²) in [6.45, 7) is 1.04. The van der Waals surface area contributed by atoms with Gasteiger partial charge in [0.15, 0.2) is 0 Å². The van der Waals surface area contributed by atoms with Crippen molar-refractivity contribution in [2.45, 2.75) is 31.5 Å². The first-order valence-electron chi connectivity index (χ1n) is 7.33. The van der Waals surface area contributed by atoms with Crippen molar-refractivity contribution in [2.75, 3.05) is 6.61 Å². The fourth-order valence-corrected chi connectivity index (χ4v) is 2.79. The van der Waals surface area contributed by atoms with Crippen LogP contribution in [-0.4, -0.2) is 57.6 Å². The zero-order valence-corrected chi connectivity index (χ0v) is 14.5. The third-order valence-corrected chi connectivity index (χ3v) is 4.28. The second-order valence-corrected chi connectivity index (χ2v) is 6.47. The number of carbonyl (C=O) groups is 1. The van der Waals surface area contributed by atoms with Crippen molar-refractivity contribution in [1.82, 2.24) is 0 Å². The second kappa shape index (κ2) is 8.09. The number of ether oxygens (including phenoxy) is 2. The lowest BCUT2D eigenvalue weighted by Gasteiger charge is -2.40. The van der Waals surface area contributed by atoms with Crippen LogP contribution in [0.15, 0.2) is 34.5 Å². The lowest BCUT2D eigenvalue weighted by atomic mass is 9.92. The highest BCUT2D eigenvalue weighted by molar-refractivity contribution is 9.10. The summed E-state index contributed by atoms with van der Waals surface area (Å²) in [5.74, 6) is -2.36. The number of carboxylic acid groups (broad SMARTS) is 1. The minimum atomic E-state index is -1.30. The van der Waals surface area contributed by atoms with Crippen LogP contribution in [-0.2, 0) is 14.3 Å². The van der Waals surface area contributed by atoms with Crippen molar-refractivity contribution in [3.63, 3.8) is 0 Å². The van der Waals surface area contributed by atoms with Gasteiger partial charge in [0.25, 0.3) is 0 Å². The summed E-state index contributed by atoms with van der Waals surface area (Å²) in [5.41, 5.74) is 0.601. The van der Waals surface area contributed by atoms with Gasteiger partial charge in [-0.2, -0.15) is 0 Å². The molecule has 0 spiro atoms. The van der Waals surface area contributed by atoms with Crippen LogP contribution in [0, 0.1) is 5.92 Å². The van der Waals surface area contributed by atoms with Crippen LogP contribution in [0.5, 0.6) is 0 Å². The summed E-state index contributed by atoms with van der Waals surface area (Å²) in [7, 11) is 0. The van der Waals surface area contributed by atoms with E-state index in [4.69, 9.17) is 9.47 Å². The van der Waals surface area contributed by atoms with Gasteiger partial charge in [0, 0.05) is 10.4 Å². The first-order chi connectivity index (χ1) is 11.3. The van der Waals surface area contributed by atoms with Crippen LogP contribution in [0.2, 0.25) is 0 Å². The van der Waals surface area contributed by atoms with Gasteiger partial charge < -0.3 is 29.9 Å². The highest BCUT2D eigenvalue weighted by Crippen LogP contribution is 2.28. The Morgan fingerprint density at radius 1 is 1.38 bits per heavy atom. The maximum atomic E-state index is 11.4. The van der Waals surface area contributed by atoms with Gasteiger partial charge in [-0.05, 0) is 23.8 Å². The normalized spacial score (nSPS) is 30.9. The van der Waals surface area contributed by atoms with E-state index in [1.165, 1.54) is 6.08 Å². The predicted octanol–water partition coefficient (Wildman–Crippen LogP) is 0.966. The number of hydrogen-bond donors (Lipinski definition) is 4. The molecule has 0 radical (unpaired) electrons. The minimum Gasteiger partial charge on any atom is -0.475 e. The molecule has 7 nitrogen and oxygen atoms in total. The van der Waals surface area contributed by atoms with E-state index in [2.05, 4.69) is 15.9 Å². The van der Waals surface area contributed by atoms with Crippen molar-refractivity contribution in [3.8, 4) is 0 Å². The zero-order chi connectivity index (χ0) is 17.9. The first kappa shape index (κ1) is 18.9. The Morgan fingerprint density at radius 3 is 2.67 bits per heavy atom. The molecule has 5 atom stereocenters. The average Bonchev–Trinajstić information content (AvgIpc) is 2.54. The van der Waals surface area contributed by atoms with Gasteiger partial charge in [-0.3, -0.25) is 0 Å². The topological polar surface area (TPSA) is 116 Å². The Kier molecular flexibility index (Phi) is 6.36. The molecule has 0 aromatic heterocycles. The molecule has 2 rings (SSSR count). The number of benzene rings is 1. The minimum absolute atomic E-state index is 0.370. The predicted molar refractivity (Wildman–Crippen MR) is 87.8 cm³/mol. The largest absolute Gasteiger partial charge is 0.475 e. The van der Waals surface area contributed by atoms with E-state index in [0.29, 0.717) is 5.56 Å². The van der Waals surface area contributed by atoms with Gasteiger partial charge in [0.1, 0.15) is 12.2 Å². The van der Waals surface area contributed by atoms with Gasteiger partial charge >= 0.3 is 5.97 Å². The number of hydrogen-bond acceptors (Lipinski definition) is 6. The van der Waals surface area contributed by atoms with Crippen LogP contribution in [0.25, 0.3) is 6.08 Å². The van der Waals surface area contributed by atoms with E-state index in [1.807, 2.05) is 0 Å². The van der Waals surface area contributed by atoms with E-state index in [1.54, 1.807) is 31.2 Å². The number of aliphatic hydroxyl groups excluding tert-OH is 3. The molecule has 0 aliphatic carbocycles. The van der Waals surface area contributed by atoms with Crippen LogP contribution in [0.3, 0.4) is 0 Å². The quantitative estimate of drug-likeness (QED) is 0.428. The van der Waals surface area contributed by atoms with E-state index < -0.39 is 43.1 Å². The summed E-state index contributed by atoms with van der Waals surface area (Å²) >= 11 is 3.30. The molecule has 0 saturated carbocycles. The fraction of sp³-hybridized carbons (Fsp3) is 0.438. The maximum Gasteiger partial charge on any atom is 0.371 e. The summed E-state index contributed by atoms with van der Waals surface area (Å²) in [6.07, 6.45) is -3.32. The maximum absolute atomic E-state index is 11.4. The smallest absolute Gasteiger partial charge is 0.371 e. The third-order valence-electron chi connectivity index (χ3n) is 3.79. The first-order valence-corrected chi connectivity index (χ1v) is 8.12. The molecule has 4 N–H and O–H groups in total. The summed E-state index contributed by atoms with van der Waals surface area (Å²) in [4.78, 5) is 11.4.